The summed E-state index contributed by atoms with van der Waals surface area (Å²) in [7, 11) is 0. The van der Waals surface area contributed by atoms with Gasteiger partial charge in [-0.25, -0.2) is 4.79 Å². The van der Waals surface area contributed by atoms with Gasteiger partial charge in [0.25, 0.3) is 0 Å². The van der Waals surface area contributed by atoms with E-state index in [1.165, 1.54) is 0 Å². The fourth-order valence-corrected chi connectivity index (χ4v) is 1.34. The third kappa shape index (κ3) is 3.56. The predicted molar refractivity (Wildman–Crippen MR) is 62.1 cm³/mol. The molecule has 1 rings (SSSR count). The maximum atomic E-state index is 11.2. The van der Waals surface area contributed by atoms with Gasteiger partial charge in [-0.15, -0.1) is 0 Å². The second-order valence-electron chi connectivity index (χ2n) is 5.23. The number of nitrogens with zero attached hydrogens (tertiary/aromatic N) is 1. The minimum Gasteiger partial charge on any atom is -0.477 e. The van der Waals surface area contributed by atoms with Crippen molar-refractivity contribution in [3.8, 4) is 0 Å². The van der Waals surface area contributed by atoms with Crippen LogP contribution in [0.5, 0.6) is 0 Å². The number of hydrogen-bond donors (Lipinski definition) is 1. The molecule has 96 valence electrons. The summed E-state index contributed by atoms with van der Waals surface area (Å²) in [4.78, 5) is 11.2. The highest BCUT2D eigenvalue weighted by Gasteiger charge is 2.25. The number of rotatable bonds is 4. The highest BCUT2D eigenvalue weighted by Crippen LogP contribution is 2.24. The fraction of sp³-hybridized carbons (Fsp3) is 0.667. The van der Waals surface area contributed by atoms with Crippen LogP contribution in [0.3, 0.4) is 0 Å². The molecule has 17 heavy (non-hydrogen) atoms. The molecule has 1 heterocycles. The lowest BCUT2D eigenvalue weighted by Gasteiger charge is -2.18. The van der Waals surface area contributed by atoms with Crippen LogP contribution in [0.15, 0.2) is 4.52 Å². The second kappa shape index (κ2) is 4.87. The number of carbonyl (C=O) groups is 1. The first-order valence-electron chi connectivity index (χ1n) is 5.58. The van der Waals surface area contributed by atoms with Gasteiger partial charge >= 0.3 is 5.97 Å². The van der Waals surface area contributed by atoms with Crippen LogP contribution in [0.2, 0.25) is 0 Å². The molecule has 0 aliphatic carbocycles. The molecule has 0 aliphatic heterocycles. The van der Waals surface area contributed by atoms with Crippen LogP contribution in [0.1, 0.15) is 62.3 Å². The number of carboxylic acid groups (broad SMARTS) is 1. The van der Waals surface area contributed by atoms with E-state index in [1.54, 1.807) is 0 Å². The van der Waals surface area contributed by atoms with E-state index in [-0.39, 0.29) is 23.7 Å². The Balaban J connectivity index is 2.97. The Morgan fingerprint density at radius 1 is 1.47 bits per heavy atom. The van der Waals surface area contributed by atoms with Gasteiger partial charge in [-0.05, 0) is 20.8 Å². The molecule has 0 aromatic carbocycles. The summed E-state index contributed by atoms with van der Waals surface area (Å²) in [6.45, 7) is 9.56. The quantitative estimate of drug-likeness (QED) is 0.877. The third-order valence-electron chi connectivity index (χ3n) is 2.17. The number of aromatic carboxylic acids is 1. The van der Waals surface area contributed by atoms with Crippen LogP contribution in [0.25, 0.3) is 0 Å². The van der Waals surface area contributed by atoms with Crippen molar-refractivity contribution < 1.29 is 19.2 Å². The van der Waals surface area contributed by atoms with Crippen LogP contribution in [0, 0.1) is 0 Å². The fourth-order valence-electron chi connectivity index (χ4n) is 1.34. The second-order valence-corrected chi connectivity index (χ2v) is 5.23. The Kier molecular flexibility index (Phi) is 3.93. The standard InChI is InChI=1S/C12H19NO4/c1-7(2)10-9(11(14)15)8(13-17-10)6-16-12(3,4)5/h7H,6H2,1-5H3,(H,14,15). The molecule has 0 bridgehead atoms. The molecule has 0 radical (unpaired) electrons. The number of aromatic nitrogens is 1. The minimum atomic E-state index is -1.03. The van der Waals surface area contributed by atoms with Gasteiger partial charge in [0.2, 0.25) is 0 Å². The SMILES string of the molecule is CC(C)c1onc(COC(C)(C)C)c1C(=O)O. The van der Waals surface area contributed by atoms with Crippen LogP contribution in [-0.2, 0) is 11.3 Å². The van der Waals surface area contributed by atoms with Crippen molar-refractivity contribution in [3.05, 3.63) is 17.0 Å². The summed E-state index contributed by atoms with van der Waals surface area (Å²) in [5.74, 6) is -0.649. The zero-order chi connectivity index (χ0) is 13.2. The van der Waals surface area contributed by atoms with Gasteiger partial charge in [-0.2, -0.15) is 0 Å². The Labute approximate surface area is 101 Å². The lowest BCUT2D eigenvalue weighted by Crippen LogP contribution is -2.19. The molecule has 0 saturated carbocycles. The third-order valence-corrected chi connectivity index (χ3v) is 2.17. The normalized spacial score (nSPS) is 12.1. The predicted octanol–water partition coefficient (Wildman–Crippen LogP) is 2.81. The Morgan fingerprint density at radius 3 is 2.47 bits per heavy atom. The van der Waals surface area contributed by atoms with E-state index in [4.69, 9.17) is 14.4 Å². The van der Waals surface area contributed by atoms with E-state index in [2.05, 4.69) is 5.16 Å². The van der Waals surface area contributed by atoms with Gasteiger partial charge in [-0.3, -0.25) is 0 Å². The molecule has 5 nitrogen and oxygen atoms in total. The van der Waals surface area contributed by atoms with Gasteiger partial charge in [0.05, 0.1) is 12.2 Å². The minimum absolute atomic E-state index is 0.0167. The first-order valence-corrected chi connectivity index (χ1v) is 5.58. The molecule has 1 N–H and O–H groups in total. The molecule has 0 saturated heterocycles. The molecule has 0 amide bonds. The number of carboxylic acids is 1. The van der Waals surface area contributed by atoms with Crippen molar-refractivity contribution >= 4 is 5.97 Å². The van der Waals surface area contributed by atoms with Gasteiger partial charge in [0.15, 0.2) is 5.76 Å². The van der Waals surface area contributed by atoms with Crippen molar-refractivity contribution in [3.63, 3.8) is 0 Å². The van der Waals surface area contributed by atoms with Crippen LogP contribution >= 0.6 is 0 Å². The highest BCUT2D eigenvalue weighted by atomic mass is 16.5. The van der Waals surface area contributed by atoms with E-state index in [1.807, 2.05) is 34.6 Å². The van der Waals surface area contributed by atoms with Crippen LogP contribution < -0.4 is 0 Å². The average molecular weight is 241 g/mol. The Hall–Kier alpha value is -1.36. The molecule has 0 unspecified atom stereocenters. The molecule has 0 aliphatic rings. The Morgan fingerprint density at radius 2 is 2.06 bits per heavy atom. The van der Waals surface area contributed by atoms with Crippen molar-refractivity contribution in [1.82, 2.24) is 5.16 Å². The molecule has 0 atom stereocenters. The lowest BCUT2D eigenvalue weighted by molar-refractivity contribution is -0.0178. The van der Waals surface area contributed by atoms with E-state index in [9.17, 15) is 4.79 Å². The van der Waals surface area contributed by atoms with E-state index in [0.717, 1.165) is 0 Å². The Bertz CT molecular complexity index is 401. The first-order chi connectivity index (χ1) is 7.72. The van der Waals surface area contributed by atoms with Crippen molar-refractivity contribution in [2.75, 3.05) is 0 Å². The van der Waals surface area contributed by atoms with Gasteiger partial charge in [0, 0.05) is 5.92 Å². The van der Waals surface area contributed by atoms with Gasteiger partial charge in [0.1, 0.15) is 11.3 Å². The van der Waals surface area contributed by atoms with E-state index < -0.39 is 5.97 Å². The van der Waals surface area contributed by atoms with Crippen molar-refractivity contribution in [1.29, 1.82) is 0 Å². The summed E-state index contributed by atoms with van der Waals surface area (Å²) in [6, 6.07) is 0. The molecule has 0 spiro atoms. The lowest BCUT2D eigenvalue weighted by atomic mass is 10.1. The monoisotopic (exact) mass is 241 g/mol. The van der Waals surface area contributed by atoms with Crippen LogP contribution in [-0.4, -0.2) is 21.8 Å². The summed E-state index contributed by atoms with van der Waals surface area (Å²) < 4.78 is 10.6. The first kappa shape index (κ1) is 13.7. The van der Waals surface area contributed by atoms with Gasteiger partial charge in [-0.1, -0.05) is 19.0 Å². The maximum absolute atomic E-state index is 11.2. The summed E-state index contributed by atoms with van der Waals surface area (Å²) in [5, 5.41) is 12.9. The molecule has 0 fully saturated rings. The summed E-state index contributed by atoms with van der Waals surface area (Å²) >= 11 is 0. The largest absolute Gasteiger partial charge is 0.477 e. The smallest absolute Gasteiger partial charge is 0.341 e. The number of hydrogen-bond acceptors (Lipinski definition) is 4. The molecular formula is C12H19NO4. The molecule has 1 aromatic rings. The summed E-state index contributed by atoms with van der Waals surface area (Å²) in [5.41, 5.74) is 0.132. The molecular weight excluding hydrogens is 222 g/mol. The van der Waals surface area contributed by atoms with Crippen molar-refractivity contribution in [2.24, 2.45) is 0 Å². The van der Waals surface area contributed by atoms with E-state index >= 15 is 0 Å². The average Bonchev–Trinajstić information content (AvgIpc) is 2.56. The van der Waals surface area contributed by atoms with Crippen LogP contribution in [0.4, 0.5) is 0 Å². The summed E-state index contributed by atoms with van der Waals surface area (Å²) in [6.07, 6.45) is 0. The van der Waals surface area contributed by atoms with E-state index in [0.29, 0.717) is 11.5 Å². The zero-order valence-electron chi connectivity index (χ0n) is 10.9. The maximum Gasteiger partial charge on any atom is 0.341 e. The zero-order valence-corrected chi connectivity index (χ0v) is 10.9. The number of ether oxygens (including phenoxy) is 1. The molecule has 1 aromatic heterocycles. The van der Waals surface area contributed by atoms with Crippen molar-refractivity contribution in [2.45, 2.75) is 52.7 Å². The topological polar surface area (TPSA) is 72.6 Å². The highest BCUT2D eigenvalue weighted by molar-refractivity contribution is 5.90. The van der Waals surface area contributed by atoms with Gasteiger partial charge < -0.3 is 14.4 Å². The molecule has 5 heteroatoms.